The van der Waals surface area contributed by atoms with Crippen LogP contribution in [0.5, 0.6) is 0 Å². The topological polar surface area (TPSA) is 40.6 Å². The normalized spacial score (nSPS) is 16.1. The fraction of sp³-hybridized carbons (Fsp3) is 0.300. The van der Waals surface area contributed by atoms with Crippen molar-refractivity contribution in [1.82, 2.24) is 4.90 Å². The number of carbonyl (C=O) groups excluding carboxylic acids is 2. The molecule has 1 heterocycles. The van der Waals surface area contributed by atoms with Crippen LogP contribution in [0.4, 0.5) is 5.69 Å². The van der Waals surface area contributed by atoms with Gasteiger partial charge in [-0.15, -0.1) is 0 Å². The van der Waals surface area contributed by atoms with Crippen LogP contribution in [0.15, 0.2) is 60.7 Å². The van der Waals surface area contributed by atoms with Crippen LogP contribution in [0.2, 0.25) is 0 Å². The Hall–Kier alpha value is -2.62. The van der Waals surface area contributed by atoms with E-state index in [9.17, 15) is 9.59 Å². The monoisotopic (exact) mass is 322 g/mol. The van der Waals surface area contributed by atoms with Crippen molar-refractivity contribution in [2.45, 2.75) is 19.3 Å². The van der Waals surface area contributed by atoms with Gasteiger partial charge in [-0.25, -0.2) is 0 Å². The van der Waals surface area contributed by atoms with Crippen molar-refractivity contribution in [3.63, 3.8) is 0 Å². The first-order valence-electron chi connectivity index (χ1n) is 8.33. The van der Waals surface area contributed by atoms with Gasteiger partial charge >= 0.3 is 0 Å². The standard InChI is InChI=1S/C20H22N2O2/c1-16(17-8-4-2-5-9-17)14-19(23)21-12-13-22(20(24)15-21)18-10-6-3-7-11-18/h2-11,16H,12-15H2,1H3. The summed E-state index contributed by atoms with van der Waals surface area (Å²) in [6, 6.07) is 19.6. The van der Waals surface area contributed by atoms with Gasteiger partial charge in [0.05, 0.1) is 0 Å². The van der Waals surface area contributed by atoms with Gasteiger partial charge in [0.2, 0.25) is 11.8 Å². The van der Waals surface area contributed by atoms with E-state index in [4.69, 9.17) is 0 Å². The van der Waals surface area contributed by atoms with E-state index in [1.807, 2.05) is 60.7 Å². The Balaban J connectivity index is 1.59. The molecule has 0 aliphatic carbocycles. The molecule has 2 amide bonds. The summed E-state index contributed by atoms with van der Waals surface area (Å²) < 4.78 is 0. The number of anilines is 1. The maximum Gasteiger partial charge on any atom is 0.246 e. The molecule has 2 aromatic rings. The summed E-state index contributed by atoms with van der Waals surface area (Å²) in [4.78, 5) is 28.4. The van der Waals surface area contributed by atoms with Gasteiger partial charge in [0.25, 0.3) is 0 Å². The molecule has 1 fully saturated rings. The van der Waals surface area contributed by atoms with Crippen molar-refractivity contribution < 1.29 is 9.59 Å². The number of benzene rings is 2. The van der Waals surface area contributed by atoms with E-state index in [1.54, 1.807) is 9.80 Å². The first-order chi connectivity index (χ1) is 11.6. The lowest BCUT2D eigenvalue weighted by atomic mass is 9.97. The predicted octanol–water partition coefficient (Wildman–Crippen LogP) is 3.06. The van der Waals surface area contributed by atoms with Crippen LogP contribution in [-0.2, 0) is 9.59 Å². The molecule has 3 rings (SSSR count). The van der Waals surface area contributed by atoms with E-state index >= 15 is 0 Å². The van der Waals surface area contributed by atoms with Gasteiger partial charge in [0, 0.05) is 25.2 Å². The van der Waals surface area contributed by atoms with Gasteiger partial charge in [0.15, 0.2) is 0 Å². The number of nitrogens with zero attached hydrogens (tertiary/aromatic N) is 2. The maximum atomic E-state index is 12.5. The van der Waals surface area contributed by atoms with Crippen LogP contribution >= 0.6 is 0 Å². The Morgan fingerprint density at radius 2 is 1.62 bits per heavy atom. The summed E-state index contributed by atoms with van der Waals surface area (Å²) in [5, 5.41) is 0. The molecule has 1 aliphatic rings. The molecular formula is C20H22N2O2. The number of rotatable bonds is 4. The average molecular weight is 322 g/mol. The zero-order chi connectivity index (χ0) is 16.9. The summed E-state index contributed by atoms with van der Waals surface area (Å²) in [6.07, 6.45) is 0.433. The minimum absolute atomic E-state index is 0.0202. The van der Waals surface area contributed by atoms with Gasteiger partial charge in [0.1, 0.15) is 6.54 Å². The van der Waals surface area contributed by atoms with Gasteiger partial charge in [-0.1, -0.05) is 55.5 Å². The van der Waals surface area contributed by atoms with Crippen LogP contribution in [0.3, 0.4) is 0 Å². The third kappa shape index (κ3) is 3.65. The number of amides is 2. The van der Waals surface area contributed by atoms with E-state index in [2.05, 4.69) is 6.92 Å². The molecule has 4 nitrogen and oxygen atoms in total. The van der Waals surface area contributed by atoms with Crippen LogP contribution in [0.25, 0.3) is 0 Å². The third-order valence-corrected chi connectivity index (χ3v) is 4.49. The molecule has 2 aromatic carbocycles. The first-order valence-corrected chi connectivity index (χ1v) is 8.33. The van der Waals surface area contributed by atoms with Crippen molar-refractivity contribution in [3.8, 4) is 0 Å². The van der Waals surface area contributed by atoms with Crippen molar-refractivity contribution in [2.75, 3.05) is 24.5 Å². The van der Waals surface area contributed by atoms with Crippen molar-refractivity contribution >= 4 is 17.5 Å². The summed E-state index contributed by atoms with van der Waals surface area (Å²) >= 11 is 0. The van der Waals surface area contributed by atoms with Crippen molar-refractivity contribution in [3.05, 3.63) is 66.2 Å². The fourth-order valence-electron chi connectivity index (χ4n) is 3.06. The average Bonchev–Trinajstić information content (AvgIpc) is 2.63. The van der Waals surface area contributed by atoms with Crippen LogP contribution in [0, 0.1) is 0 Å². The first kappa shape index (κ1) is 16.2. The van der Waals surface area contributed by atoms with E-state index in [0.29, 0.717) is 19.5 Å². The largest absolute Gasteiger partial charge is 0.332 e. The quantitative estimate of drug-likeness (QED) is 0.868. The Labute approximate surface area is 142 Å². The lowest BCUT2D eigenvalue weighted by Gasteiger charge is -2.34. The molecule has 0 bridgehead atoms. The molecule has 0 aromatic heterocycles. The zero-order valence-electron chi connectivity index (χ0n) is 13.9. The van der Waals surface area contributed by atoms with Crippen LogP contribution < -0.4 is 4.90 Å². The maximum absolute atomic E-state index is 12.5. The molecule has 0 spiro atoms. The summed E-state index contributed by atoms with van der Waals surface area (Å²) in [5.74, 6) is 0.182. The Morgan fingerprint density at radius 3 is 2.25 bits per heavy atom. The smallest absolute Gasteiger partial charge is 0.246 e. The number of carbonyl (C=O) groups is 2. The number of hydrogen-bond donors (Lipinski definition) is 0. The molecule has 24 heavy (non-hydrogen) atoms. The molecule has 1 saturated heterocycles. The Kier molecular flexibility index (Phi) is 4.94. The second kappa shape index (κ2) is 7.30. The third-order valence-electron chi connectivity index (χ3n) is 4.49. The molecule has 0 saturated carbocycles. The van der Waals surface area contributed by atoms with Crippen molar-refractivity contribution in [1.29, 1.82) is 0 Å². The van der Waals surface area contributed by atoms with E-state index in [0.717, 1.165) is 11.3 Å². The van der Waals surface area contributed by atoms with Crippen LogP contribution in [0.1, 0.15) is 24.8 Å². The lowest BCUT2D eigenvalue weighted by molar-refractivity contribution is -0.137. The van der Waals surface area contributed by atoms with Crippen molar-refractivity contribution in [2.24, 2.45) is 0 Å². The minimum atomic E-state index is -0.0202. The molecule has 0 N–H and O–H groups in total. The van der Waals surface area contributed by atoms with E-state index in [1.165, 1.54) is 0 Å². The summed E-state index contributed by atoms with van der Waals surface area (Å²) in [7, 11) is 0. The fourth-order valence-corrected chi connectivity index (χ4v) is 3.06. The lowest BCUT2D eigenvalue weighted by Crippen LogP contribution is -2.52. The number of piperazine rings is 1. The van der Waals surface area contributed by atoms with E-state index in [-0.39, 0.29) is 24.3 Å². The second-order valence-corrected chi connectivity index (χ2v) is 6.21. The predicted molar refractivity (Wildman–Crippen MR) is 94.8 cm³/mol. The Bertz CT molecular complexity index is 700. The Morgan fingerprint density at radius 1 is 1.00 bits per heavy atom. The highest BCUT2D eigenvalue weighted by molar-refractivity contribution is 5.97. The summed E-state index contributed by atoms with van der Waals surface area (Å²) in [5.41, 5.74) is 2.05. The highest BCUT2D eigenvalue weighted by Gasteiger charge is 2.28. The minimum Gasteiger partial charge on any atom is -0.332 e. The van der Waals surface area contributed by atoms with Gasteiger partial charge in [-0.05, 0) is 23.6 Å². The second-order valence-electron chi connectivity index (χ2n) is 6.21. The molecular weight excluding hydrogens is 300 g/mol. The zero-order valence-corrected chi connectivity index (χ0v) is 13.9. The molecule has 0 radical (unpaired) electrons. The molecule has 1 unspecified atom stereocenters. The highest BCUT2D eigenvalue weighted by atomic mass is 16.2. The number of para-hydroxylation sites is 1. The summed E-state index contributed by atoms with van der Waals surface area (Å²) in [6.45, 7) is 3.35. The molecule has 1 atom stereocenters. The molecule has 4 heteroatoms. The van der Waals surface area contributed by atoms with Gasteiger partial charge in [-0.2, -0.15) is 0 Å². The number of hydrogen-bond acceptors (Lipinski definition) is 2. The van der Waals surface area contributed by atoms with Gasteiger partial charge < -0.3 is 9.80 Å². The molecule has 124 valence electrons. The van der Waals surface area contributed by atoms with Crippen LogP contribution in [-0.4, -0.2) is 36.3 Å². The molecule has 1 aliphatic heterocycles. The highest BCUT2D eigenvalue weighted by Crippen LogP contribution is 2.21. The van der Waals surface area contributed by atoms with Gasteiger partial charge in [-0.3, -0.25) is 9.59 Å². The van der Waals surface area contributed by atoms with E-state index < -0.39 is 0 Å². The SMILES string of the molecule is CC(CC(=O)N1CCN(c2ccccc2)C(=O)C1)c1ccccc1.